The predicted molar refractivity (Wildman–Crippen MR) is 49.6 cm³/mol. The summed E-state index contributed by atoms with van der Waals surface area (Å²) in [7, 11) is 0. The standard InChI is InChI=1S/C6H11F3N2.2ClH/c7-6(8,9)4-11-2-1-5(10)3-11;;/h5H,1-4,10H2;2*1H/t5-;;/m1../s1. The Morgan fingerprint density at radius 3 is 2.15 bits per heavy atom. The molecule has 0 aliphatic carbocycles. The lowest BCUT2D eigenvalue weighted by Crippen LogP contribution is -2.34. The Bertz CT molecular complexity index is 142. The molecule has 1 fully saturated rings. The third kappa shape index (κ3) is 6.37. The van der Waals surface area contributed by atoms with E-state index in [0.717, 1.165) is 0 Å². The van der Waals surface area contributed by atoms with Gasteiger partial charge in [-0.05, 0) is 6.42 Å². The minimum Gasteiger partial charge on any atom is -0.326 e. The van der Waals surface area contributed by atoms with Gasteiger partial charge in [0.05, 0.1) is 6.54 Å². The molecule has 1 heterocycles. The SMILES string of the molecule is Cl.Cl.N[C@@H]1CCN(CC(F)(F)F)C1. The quantitative estimate of drug-likeness (QED) is 0.752. The van der Waals surface area contributed by atoms with E-state index >= 15 is 0 Å². The zero-order valence-corrected chi connectivity index (χ0v) is 8.51. The Morgan fingerprint density at radius 2 is 1.85 bits per heavy atom. The van der Waals surface area contributed by atoms with E-state index < -0.39 is 12.7 Å². The number of hydrogen-bond donors (Lipinski definition) is 1. The molecule has 0 unspecified atom stereocenters. The summed E-state index contributed by atoms with van der Waals surface area (Å²) in [5.74, 6) is 0. The molecule has 2 N–H and O–H groups in total. The van der Waals surface area contributed by atoms with Gasteiger partial charge >= 0.3 is 6.18 Å². The molecule has 0 amide bonds. The maximum Gasteiger partial charge on any atom is 0.401 e. The zero-order valence-electron chi connectivity index (χ0n) is 6.88. The van der Waals surface area contributed by atoms with Crippen LogP contribution in [-0.4, -0.2) is 36.8 Å². The van der Waals surface area contributed by atoms with Crippen LogP contribution in [0.1, 0.15) is 6.42 Å². The number of nitrogens with two attached hydrogens (primary N) is 1. The van der Waals surface area contributed by atoms with E-state index in [0.29, 0.717) is 19.5 Å². The molecule has 1 aliphatic heterocycles. The smallest absolute Gasteiger partial charge is 0.326 e. The monoisotopic (exact) mass is 240 g/mol. The van der Waals surface area contributed by atoms with Crippen LogP contribution in [0.5, 0.6) is 0 Å². The van der Waals surface area contributed by atoms with Gasteiger partial charge in [-0.3, -0.25) is 4.90 Å². The highest BCUT2D eigenvalue weighted by Gasteiger charge is 2.33. The van der Waals surface area contributed by atoms with Crippen LogP contribution in [0.2, 0.25) is 0 Å². The van der Waals surface area contributed by atoms with E-state index in [9.17, 15) is 13.2 Å². The third-order valence-electron chi connectivity index (χ3n) is 1.71. The second kappa shape index (κ2) is 5.90. The van der Waals surface area contributed by atoms with Crippen LogP contribution in [0.25, 0.3) is 0 Å². The fraction of sp³-hybridized carbons (Fsp3) is 1.00. The summed E-state index contributed by atoms with van der Waals surface area (Å²) in [5.41, 5.74) is 5.43. The summed E-state index contributed by atoms with van der Waals surface area (Å²) >= 11 is 0. The van der Waals surface area contributed by atoms with Crippen molar-refractivity contribution in [2.75, 3.05) is 19.6 Å². The van der Waals surface area contributed by atoms with Gasteiger partial charge in [-0.25, -0.2) is 0 Å². The average molecular weight is 241 g/mol. The maximum absolute atomic E-state index is 11.8. The molecule has 0 aromatic heterocycles. The first-order valence-electron chi connectivity index (χ1n) is 3.52. The molecule has 1 saturated heterocycles. The number of nitrogens with zero attached hydrogens (tertiary/aromatic N) is 1. The van der Waals surface area contributed by atoms with Crippen molar-refractivity contribution in [3.05, 3.63) is 0 Å². The van der Waals surface area contributed by atoms with Gasteiger partial charge in [-0.1, -0.05) is 0 Å². The second-order valence-electron chi connectivity index (χ2n) is 2.90. The van der Waals surface area contributed by atoms with E-state index in [2.05, 4.69) is 0 Å². The number of likely N-dealkylation sites (tertiary alicyclic amines) is 1. The van der Waals surface area contributed by atoms with Crippen LogP contribution in [0.4, 0.5) is 13.2 Å². The lowest BCUT2D eigenvalue weighted by molar-refractivity contribution is -0.143. The van der Waals surface area contributed by atoms with Gasteiger partial charge in [0.25, 0.3) is 0 Å². The molecule has 0 spiro atoms. The highest BCUT2D eigenvalue weighted by molar-refractivity contribution is 5.85. The van der Waals surface area contributed by atoms with Gasteiger partial charge < -0.3 is 5.73 Å². The fourth-order valence-corrected chi connectivity index (χ4v) is 1.26. The highest BCUT2D eigenvalue weighted by Crippen LogP contribution is 2.19. The van der Waals surface area contributed by atoms with Crippen molar-refractivity contribution >= 4 is 24.8 Å². The first-order chi connectivity index (χ1) is 4.97. The molecule has 0 saturated carbocycles. The first kappa shape index (κ1) is 15.7. The largest absolute Gasteiger partial charge is 0.401 e. The minimum absolute atomic E-state index is 0. The van der Waals surface area contributed by atoms with Gasteiger partial charge in [-0.15, -0.1) is 24.8 Å². The molecule has 1 aliphatic rings. The van der Waals surface area contributed by atoms with Crippen molar-refractivity contribution in [3.8, 4) is 0 Å². The van der Waals surface area contributed by atoms with Crippen LogP contribution in [-0.2, 0) is 0 Å². The van der Waals surface area contributed by atoms with Gasteiger partial charge in [-0.2, -0.15) is 13.2 Å². The Labute approximate surface area is 87.5 Å². The molecular formula is C6H13Cl2F3N2. The van der Waals surface area contributed by atoms with Gasteiger partial charge in [0.1, 0.15) is 0 Å². The number of hydrogen-bond acceptors (Lipinski definition) is 2. The van der Waals surface area contributed by atoms with Crippen molar-refractivity contribution in [2.24, 2.45) is 5.73 Å². The first-order valence-corrected chi connectivity index (χ1v) is 3.52. The average Bonchev–Trinajstić information content (AvgIpc) is 2.10. The van der Waals surface area contributed by atoms with Crippen LogP contribution in [0, 0.1) is 0 Å². The lowest BCUT2D eigenvalue weighted by atomic mass is 10.3. The predicted octanol–water partition coefficient (Wildman–Crippen LogP) is 1.43. The lowest BCUT2D eigenvalue weighted by Gasteiger charge is -2.16. The Kier molecular flexibility index (Phi) is 7.15. The molecule has 1 atom stereocenters. The van der Waals surface area contributed by atoms with Crippen LogP contribution in [0.3, 0.4) is 0 Å². The van der Waals surface area contributed by atoms with Crippen molar-refractivity contribution in [3.63, 3.8) is 0 Å². The summed E-state index contributed by atoms with van der Waals surface area (Å²) < 4.78 is 35.3. The Hall–Kier alpha value is 0.290. The molecule has 1 rings (SSSR count). The number of halogens is 5. The van der Waals surface area contributed by atoms with E-state index in [1.807, 2.05) is 0 Å². The van der Waals surface area contributed by atoms with Gasteiger partial charge in [0.2, 0.25) is 0 Å². The maximum atomic E-state index is 11.8. The number of alkyl halides is 3. The summed E-state index contributed by atoms with van der Waals surface area (Å²) in [6, 6.07) is -0.0719. The van der Waals surface area contributed by atoms with Crippen molar-refractivity contribution < 1.29 is 13.2 Å². The number of rotatable bonds is 1. The molecule has 82 valence electrons. The normalized spacial score (nSPS) is 23.5. The molecule has 13 heavy (non-hydrogen) atoms. The third-order valence-corrected chi connectivity index (χ3v) is 1.71. The van der Waals surface area contributed by atoms with E-state index in [4.69, 9.17) is 5.73 Å². The molecular weight excluding hydrogens is 228 g/mol. The molecule has 2 nitrogen and oxygen atoms in total. The van der Waals surface area contributed by atoms with E-state index in [-0.39, 0.29) is 30.9 Å². The summed E-state index contributed by atoms with van der Waals surface area (Å²) in [6.07, 6.45) is -3.40. The molecule has 7 heteroatoms. The van der Waals surface area contributed by atoms with Crippen LogP contribution >= 0.6 is 24.8 Å². The molecule has 0 aromatic rings. The van der Waals surface area contributed by atoms with Crippen molar-refractivity contribution in [1.82, 2.24) is 4.90 Å². The topological polar surface area (TPSA) is 29.3 Å². The van der Waals surface area contributed by atoms with E-state index in [1.165, 1.54) is 4.90 Å². The highest BCUT2D eigenvalue weighted by atomic mass is 35.5. The van der Waals surface area contributed by atoms with Gasteiger partial charge in [0.15, 0.2) is 0 Å². The van der Waals surface area contributed by atoms with Crippen molar-refractivity contribution in [2.45, 2.75) is 18.6 Å². The second-order valence-corrected chi connectivity index (χ2v) is 2.90. The fourth-order valence-electron chi connectivity index (χ4n) is 1.26. The zero-order chi connectivity index (χ0) is 8.48. The Balaban J connectivity index is 0. The summed E-state index contributed by atoms with van der Waals surface area (Å²) in [5, 5.41) is 0. The molecule has 0 aromatic carbocycles. The Morgan fingerprint density at radius 1 is 1.31 bits per heavy atom. The molecule has 0 bridgehead atoms. The van der Waals surface area contributed by atoms with Crippen LogP contribution in [0.15, 0.2) is 0 Å². The van der Waals surface area contributed by atoms with Crippen LogP contribution < -0.4 is 5.73 Å². The summed E-state index contributed by atoms with van der Waals surface area (Å²) in [4.78, 5) is 1.34. The minimum atomic E-state index is -4.08. The summed E-state index contributed by atoms with van der Waals surface area (Å²) in [6.45, 7) is 0.0287. The van der Waals surface area contributed by atoms with Crippen molar-refractivity contribution in [1.29, 1.82) is 0 Å². The van der Waals surface area contributed by atoms with Gasteiger partial charge in [0, 0.05) is 19.1 Å². The van der Waals surface area contributed by atoms with E-state index in [1.54, 1.807) is 0 Å². The molecule has 0 radical (unpaired) electrons.